The highest BCUT2D eigenvalue weighted by Gasteiger charge is 2.15. The second kappa shape index (κ2) is 5.53. The minimum atomic E-state index is -0.409. The van der Waals surface area contributed by atoms with Gasteiger partial charge in [-0.1, -0.05) is 0 Å². The van der Waals surface area contributed by atoms with Crippen LogP contribution in [0, 0.1) is 0 Å². The molecule has 0 radical (unpaired) electrons. The first-order valence-electron chi connectivity index (χ1n) is 6.34. The molecule has 0 aliphatic heterocycles. The van der Waals surface area contributed by atoms with Crippen molar-refractivity contribution in [3.05, 3.63) is 49.6 Å². The summed E-state index contributed by atoms with van der Waals surface area (Å²) in [6, 6.07) is 1.36. The van der Waals surface area contributed by atoms with Gasteiger partial charge in [-0.3, -0.25) is 14.0 Å². The van der Waals surface area contributed by atoms with Gasteiger partial charge >= 0.3 is 0 Å². The number of rotatable bonds is 4. The van der Waals surface area contributed by atoms with Crippen LogP contribution in [-0.2, 0) is 4.79 Å². The van der Waals surface area contributed by atoms with Gasteiger partial charge in [0.1, 0.15) is 12.4 Å². The fourth-order valence-electron chi connectivity index (χ4n) is 1.77. The summed E-state index contributed by atoms with van der Waals surface area (Å²) in [5.41, 5.74) is 0.530. The largest absolute Gasteiger partial charge is 0.322 e. The number of imidazole rings is 1. The number of aromatic nitrogens is 6. The predicted molar refractivity (Wildman–Crippen MR) is 74.7 cm³/mol. The Morgan fingerprint density at radius 1 is 1.24 bits per heavy atom. The second-order valence-electron chi connectivity index (χ2n) is 4.39. The van der Waals surface area contributed by atoms with Gasteiger partial charge in [-0.25, -0.2) is 15.0 Å². The molecular formula is C13H13N7O. The third-order valence-electron chi connectivity index (χ3n) is 2.94. The maximum atomic E-state index is 12.1. The summed E-state index contributed by atoms with van der Waals surface area (Å²) < 4.78 is 3.26. The van der Waals surface area contributed by atoms with Crippen LogP contribution in [0.1, 0.15) is 13.0 Å². The molecule has 1 atom stereocenters. The number of hydrogen-bond donors (Lipinski definition) is 1. The summed E-state index contributed by atoms with van der Waals surface area (Å²) in [5, 5.41) is 6.79. The lowest BCUT2D eigenvalue weighted by Gasteiger charge is -2.12. The summed E-state index contributed by atoms with van der Waals surface area (Å²) in [7, 11) is 0. The minimum absolute atomic E-state index is 0.183. The molecule has 1 unspecified atom stereocenters. The zero-order valence-electron chi connectivity index (χ0n) is 11.3. The molecule has 8 nitrogen and oxygen atoms in total. The van der Waals surface area contributed by atoms with Gasteiger partial charge in [0, 0.05) is 24.8 Å². The first kappa shape index (κ1) is 13.0. The Morgan fingerprint density at radius 3 is 2.67 bits per heavy atom. The van der Waals surface area contributed by atoms with Crippen molar-refractivity contribution in [3.63, 3.8) is 0 Å². The molecule has 3 aromatic heterocycles. The van der Waals surface area contributed by atoms with Crippen LogP contribution in [-0.4, -0.2) is 35.2 Å². The number of amides is 1. The van der Waals surface area contributed by atoms with Gasteiger partial charge < -0.3 is 5.32 Å². The van der Waals surface area contributed by atoms with E-state index < -0.39 is 6.04 Å². The summed E-state index contributed by atoms with van der Waals surface area (Å²) in [6.07, 6.45) is 11.5. The molecular weight excluding hydrogens is 270 g/mol. The first-order chi connectivity index (χ1) is 10.2. The van der Waals surface area contributed by atoms with Gasteiger partial charge in [0.2, 0.25) is 11.9 Å². The second-order valence-corrected chi connectivity index (χ2v) is 4.39. The van der Waals surface area contributed by atoms with E-state index in [9.17, 15) is 4.79 Å². The van der Waals surface area contributed by atoms with Crippen molar-refractivity contribution in [2.24, 2.45) is 0 Å². The standard InChI is InChI=1S/C13H13N7O/c1-10(20-5-2-3-17-20)12(21)18-11-7-15-13(16-8-11)19-6-4-14-9-19/h2-10H,1H3,(H,18,21). The van der Waals surface area contributed by atoms with Gasteiger partial charge in [0.25, 0.3) is 0 Å². The molecule has 21 heavy (non-hydrogen) atoms. The van der Waals surface area contributed by atoms with Crippen LogP contribution in [0.5, 0.6) is 0 Å². The van der Waals surface area contributed by atoms with Crippen molar-refractivity contribution in [1.29, 1.82) is 0 Å². The number of hydrogen-bond acceptors (Lipinski definition) is 5. The van der Waals surface area contributed by atoms with Gasteiger partial charge in [0.15, 0.2) is 0 Å². The molecule has 0 aliphatic rings. The molecule has 1 N–H and O–H groups in total. The molecule has 0 bridgehead atoms. The molecule has 106 valence electrons. The van der Waals surface area contributed by atoms with E-state index in [1.165, 1.54) is 0 Å². The number of nitrogens with zero attached hydrogens (tertiary/aromatic N) is 6. The van der Waals surface area contributed by atoms with Crippen LogP contribution in [0.3, 0.4) is 0 Å². The van der Waals surface area contributed by atoms with E-state index in [1.807, 2.05) is 0 Å². The van der Waals surface area contributed by atoms with E-state index in [2.05, 4.69) is 25.4 Å². The van der Waals surface area contributed by atoms with E-state index in [4.69, 9.17) is 0 Å². The Morgan fingerprint density at radius 2 is 2.05 bits per heavy atom. The quantitative estimate of drug-likeness (QED) is 0.773. The smallest absolute Gasteiger partial charge is 0.249 e. The Bertz CT molecular complexity index is 704. The van der Waals surface area contributed by atoms with Gasteiger partial charge in [-0.15, -0.1) is 0 Å². The summed E-state index contributed by atoms with van der Waals surface area (Å²) in [5.74, 6) is 0.309. The van der Waals surface area contributed by atoms with E-state index >= 15 is 0 Å². The van der Waals surface area contributed by atoms with Crippen molar-refractivity contribution < 1.29 is 4.79 Å². The molecule has 3 heterocycles. The van der Waals surface area contributed by atoms with Gasteiger partial charge in [0.05, 0.1) is 18.1 Å². The van der Waals surface area contributed by atoms with Crippen molar-refractivity contribution >= 4 is 11.6 Å². The highest BCUT2D eigenvalue weighted by atomic mass is 16.2. The monoisotopic (exact) mass is 283 g/mol. The lowest BCUT2D eigenvalue weighted by atomic mass is 10.3. The Balaban J connectivity index is 1.69. The number of carbonyl (C=O) groups excluding carboxylic acids is 1. The molecule has 0 fully saturated rings. The molecule has 1 amide bonds. The predicted octanol–water partition coefficient (Wildman–Crippen LogP) is 1.06. The lowest BCUT2D eigenvalue weighted by molar-refractivity contribution is -0.119. The molecule has 3 aromatic rings. The van der Waals surface area contributed by atoms with E-state index in [0.29, 0.717) is 11.6 Å². The highest BCUT2D eigenvalue weighted by molar-refractivity contribution is 5.93. The first-order valence-corrected chi connectivity index (χ1v) is 6.34. The van der Waals surface area contributed by atoms with Crippen molar-refractivity contribution in [2.75, 3.05) is 5.32 Å². The molecule has 0 aromatic carbocycles. The van der Waals surface area contributed by atoms with Crippen molar-refractivity contribution in [2.45, 2.75) is 13.0 Å². The zero-order valence-corrected chi connectivity index (χ0v) is 11.3. The topological polar surface area (TPSA) is 90.5 Å². The molecule has 3 rings (SSSR count). The molecule has 0 spiro atoms. The van der Waals surface area contributed by atoms with Crippen molar-refractivity contribution in [3.8, 4) is 5.95 Å². The van der Waals surface area contributed by atoms with Crippen LogP contribution in [0.4, 0.5) is 5.69 Å². The average Bonchev–Trinajstić information content (AvgIpc) is 3.20. The normalized spacial score (nSPS) is 12.0. The number of nitrogens with one attached hydrogen (secondary N) is 1. The van der Waals surface area contributed by atoms with Crippen LogP contribution in [0.15, 0.2) is 49.6 Å². The Hall–Kier alpha value is -3.03. The van der Waals surface area contributed by atoms with E-state index in [0.717, 1.165) is 0 Å². The van der Waals surface area contributed by atoms with Crippen LogP contribution < -0.4 is 5.32 Å². The van der Waals surface area contributed by atoms with Crippen molar-refractivity contribution in [1.82, 2.24) is 29.3 Å². The fraction of sp³-hybridized carbons (Fsp3) is 0.154. The third kappa shape index (κ3) is 2.78. The maximum Gasteiger partial charge on any atom is 0.249 e. The average molecular weight is 283 g/mol. The van der Waals surface area contributed by atoms with E-state index in [1.54, 1.807) is 65.7 Å². The van der Waals surface area contributed by atoms with Crippen LogP contribution in [0.2, 0.25) is 0 Å². The summed E-state index contributed by atoms with van der Waals surface area (Å²) in [4.78, 5) is 24.3. The molecule has 8 heteroatoms. The van der Waals surface area contributed by atoms with Gasteiger partial charge in [-0.05, 0) is 13.0 Å². The lowest BCUT2D eigenvalue weighted by Crippen LogP contribution is -2.24. The number of carbonyl (C=O) groups is 1. The van der Waals surface area contributed by atoms with E-state index in [-0.39, 0.29) is 5.91 Å². The third-order valence-corrected chi connectivity index (χ3v) is 2.94. The SMILES string of the molecule is CC(C(=O)Nc1cnc(-n2ccnc2)nc1)n1cccn1. The van der Waals surface area contributed by atoms with Crippen LogP contribution in [0.25, 0.3) is 5.95 Å². The Labute approximate surface area is 120 Å². The Kier molecular flexibility index (Phi) is 3.42. The van der Waals surface area contributed by atoms with Crippen LogP contribution >= 0.6 is 0 Å². The molecule has 0 saturated heterocycles. The maximum absolute atomic E-state index is 12.1. The summed E-state index contributed by atoms with van der Waals surface area (Å²) in [6.45, 7) is 1.77. The highest BCUT2D eigenvalue weighted by Crippen LogP contribution is 2.10. The molecule has 0 saturated carbocycles. The van der Waals surface area contributed by atoms with Gasteiger partial charge in [-0.2, -0.15) is 5.10 Å². The summed E-state index contributed by atoms with van der Waals surface area (Å²) >= 11 is 0. The minimum Gasteiger partial charge on any atom is -0.322 e. The number of anilines is 1. The zero-order chi connectivity index (χ0) is 14.7. The molecule has 0 aliphatic carbocycles. The fourth-order valence-corrected chi connectivity index (χ4v) is 1.77.